The molecule has 3 aromatic heterocycles. The largest absolute Gasteiger partial charge is 0.393 e. The van der Waals surface area contributed by atoms with E-state index in [4.69, 9.17) is 0 Å². The van der Waals surface area contributed by atoms with Gasteiger partial charge in [-0.15, -0.1) is 11.3 Å². The fraction of sp³-hybridized carbons (Fsp3) is 0.550. The Morgan fingerprint density at radius 2 is 2.03 bits per heavy atom. The number of aryl methyl sites for hydroxylation is 1. The Morgan fingerprint density at radius 1 is 1.17 bits per heavy atom. The molecule has 0 spiro atoms. The molecule has 2 atom stereocenters. The molecule has 0 radical (unpaired) electrons. The fourth-order valence-electron chi connectivity index (χ4n) is 4.83. The van der Waals surface area contributed by atoms with E-state index in [9.17, 15) is 13.2 Å². The SMILES string of the molecule is Cn1ccnc1CN1CCC2CN(c3ncnc4sc(CC(F)(F)F)cc34)CCC21. The van der Waals surface area contributed by atoms with Crippen molar-refractivity contribution in [2.45, 2.75) is 38.0 Å². The first-order valence-electron chi connectivity index (χ1n) is 10.1. The molecule has 2 aliphatic rings. The molecule has 30 heavy (non-hydrogen) atoms. The van der Waals surface area contributed by atoms with E-state index in [1.54, 1.807) is 6.07 Å². The Bertz CT molecular complexity index is 1040. The van der Waals surface area contributed by atoms with Gasteiger partial charge in [-0.2, -0.15) is 13.2 Å². The van der Waals surface area contributed by atoms with Crippen LogP contribution in [0.5, 0.6) is 0 Å². The third-order valence-electron chi connectivity index (χ3n) is 6.25. The number of imidazole rings is 1. The van der Waals surface area contributed by atoms with E-state index in [-0.39, 0.29) is 4.88 Å². The van der Waals surface area contributed by atoms with E-state index in [2.05, 4.69) is 29.3 Å². The summed E-state index contributed by atoms with van der Waals surface area (Å²) in [7, 11) is 2.02. The van der Waals surface area contributed by atoms with Crippen LogP contribution in [0.1, 0.15) is 23.5 Å². The molecule has 2 aliphatic heterocycles. The molecule has 0 aromatic carbocycles. The van der Waals surface area contributed by atoms with Crippen molar-refractivity contribution in [3.63, 3.8) is 0 Å². The lowest BCUT2D eigenvalue weighted by Gasteiger charge is -2.38. The number of rotatable bonds is 4. The van der Waals surface area contributed by atoms with Gasteiger partial charge in [0.05, 0.1) is 18.4 Å². The van der Waals surface area contributed by atoms with Gasteiger partial charge in [0.25, 0.3) is 0 Å². The standard InChI is InChI=1S/C20H23F3N6S/c1-27-7-4-24-17(27)11-28-5-2-13-10-29(6-3-16(13)28)18-15-8-14(9-20(21,22)23)30-19(15)26-12-25-18/h4,7-8,12-13,16H,2-3,5-6,9-11H2,1H3. The highest BCUT2D eigenvalue weighted by Gasteiger charge is 2.39. The highest BCUT2D eigenvalue weighted by molar-refractivity contribution is 7.18. The van der Waals surface area contributed by atoms with E-state index in [1.807, 2.05) is 19.4 Å². The molecule has 2 saturated heterocycles. The summed E-state index contributed by atoms with van der Waals surface area (Å²) >= 11 is 1.11. The number of anilines is 1. The molecule has 6 nitrogen and oxygen atoms in total. The summed E-state index contributed by atoms with van der Waals surface area (Å²) in [6.45, 7) is 3.62. The zero-order chi connectivity index (χ0) is 20.9. The average molecular weight is 437 g/mol. The predicted octanol–water partition coefficient (Wildman–Crippen LogP) is 3.63. The minimum absolute atomic E-state index is 0.288. The van der Waals surface area contributed by atoms with Crippen LogP contribution in [-0.2, 0) is 20.0 Å². The fourth-order valence-corrected chi connectivity index (χ4v) is 5.85. The molecule has 3 aromatic rings. The van der Waals surface area contributed by atoms with Gasteiger partial charge < -0.3 is 9.47 Å². The summed E-state index contributed by atoms with van der Waals surface area (Å²) < 4.78 is 40.5. The van der Waals surface area contributed by atoms with Crippen LogP contribution in [0.15, 0.2) is 24.8 Å². The number of aromatic nitrogens is 4. The molecule has 5 rings (SSSR count). The number of nitrogens with zero attached hydrogens (tertiary/aromatic N) is 6. The zero-order valence-electron chi connectivity index (χ0n) is 16.6. The number of alkyl halides is 3. The van der Waals surface area contributed by atoms with Crippen molar-refractivity contribution in [3.8, 4) is 0 Å². The van der Waals surface area contributed by atoms with Crippen molar-refractivity contribution in [2.24, 2.45) is 13.0 Å². The second kappa shape index (κ2) is 7.49. The van der Waals surface area contributed by atoms with Gasteiger partial charge in [0.1, 0.15) is 22.8 Å². The lowest BCUT2D eigenvalue weighted by Crippen LogP contribution is -2.46. The third-order valence-corrected chi connectivity index (χ3v) is 7.29. The van der Waals surface area contributed by atoms with Crippen molar-refractivity contribution in [3.05, 3.63) is 35.5 Å². The van der Waals surface area contributed by atoms with Gasteiger partial charge in [-0.25, -0.2) is 15.0 Å². The summed E-state index contributed by atoms with van der Waals surface area (Å²) in [4.78, 5) is 18.8. The first-order chi connectivity index (χ1) is 14.4. The smallest absolute Gasteiger partial charge is 0.356 e. The predicted molar refractivity (Wildman–Crippen MR) is 110 cm³/mol. The molecular weight excluding hydrogens is 413 g/mol. The van der Waals surface area contributed by atoms with Crippen LogP contribution >= 0.6 is 11.3 Å². The lowest BCUT2D eigenvalue weighted by molar-refractivity contribution is -0.126. The average Bonchev–Trinajstić information content (AvgIpc) is 3.39. The van der Waals surface area contributed by atoms with Crippen molar-refractivity contribution >= 4 is 27.4 Å². The van der Waals surface area contributed by atoms with Gasteiger partial charge in [0.2, 0.25) is 0 Å². The van der Waals surface area contributed by atoms with Crippen molar-refractivity contribution < 1.29 is 13.2 Å². The number of halogens is 3. The maximum atomic E-state index is 12.8. The van der Waals surface area contributed by atoms with Crippen molar-refractivity contribution in [1.82, 2.24) is 24.4 Å². The minimum atomic E-state index is -4.21. The minimum Gasteiger partial charge on any atom is -0.356 e. The van der Waals surface area contributed by atoms with Crippen LogP contribution in [-0.4, -0.2) is 56.3 Å². The topological polar surface area (TPSA) is 50.1 Å². The Kier molecular flexibility index (Phi) is 4.93. The van der Waals surface area contributed by atoms with Gasteiger partial charge in [-0.1, -0.05) is 0 Å². The Labute approximate surface area is 176 Å². The number of fused-ring (bicyclic) bond motifs is 2. The van der Waals surface area contributed by atoms with E-state index in [0.717, 1.165) is 67.4 Å². The quantitative estimate of drug-likeness (QED) is 0.625. The summed E-state index contributed by atoms with van der Waals surface area (Å²) in [5, 5.41) is 0.739. The van der Waals surface area contributed by atoms with E-state index >= 15 is 0 Å². The summed E-state index contributed by atoms with van der Waals surface area (Å²) in [5.74, 6) is 2.37. The van der Waals surface area contributed by atoms with Gasteiger partial charge in [0, 0.05) is 43.4 Å². The third kappa shape index (κ3) is 3.78. The Balaban J connectivity index is 1.33. The van der Waals surface area contributed by atoms with Crippen LogP contribution in [0, 0.1) is 5.92 Å². The lowest BCUT2D eigenvalue weighted by atomic mass is 9.92. The molecule has 0 amide bonds. The van der Waals surface area contributed by atoms with Crippen molar-refractivity contribution in [1.29, 1.82) is 0 Å². The van der Waals surface area contributed by atoms with E-state index in [1.165, 1.54) is 6.33 Å². The number of hydrogen-bond donors (Lipinski definition) is 0. The molecule has 0 saturated carbocycles. The molecule has 2 unspecified atom stereocenters. The second-order valence-electron chi connectivity index (χ2n) is 8.20. The van der Waals surface area contributed by atoms with Crippen LogP contribution in [0.3, 0.4) is 0 Å². The monoisotopic (exact) mass is 436 g/mol. The molecule has 10 heteroatoms. The van der Waals surface area contributed by atoms with Crippen LogP contribution in [0.25, 0.3) is 10.2 Å². The van der Waals surface area contributed by atoms with E-state index in [0.29, 0.717) is 16.8 Å². The van der Waals surface area contributed by atoms with Crippen LogP contribution < -0.4 is 4.90 Å². The van der Waals surface area contributed by atoms with Gasteiger partial charge in [0.15, 0.2) is 0 Å². The maximum absolute atomic E-state index is 12.8. The normalized spacial score (nSPS) is 22.7. The maximum Gasteiger partial charge on any atom is 0.393 e. The van der Waals surface area contributed by atoms with Gasteiger partial charge in [-0.3, -0.25) is 4.90 Å². The molecule has 0 bridgehead atoms. The zero-order valence-corrected chi connectivity index (χ0v) is 17.5. The number of piperidine rings is 1. The summed E-state index contributed by atoms with van der Waals surface area (Å²) in [6, 6.07) is 2.13. The number of likely N-dealkylation sites (tertiary alicyclic amines) is 1. The Morgan fingerprint density at radius 3 is 2.80 bits per heavy atom. The Hall–Kier alpha value is -2.20. The summed E-state index contributed by atoms with van der Waals surface area (Å²) in [6.07, 6.45) is 2.27. The van der Waals surface area contributed by atoms with Crippen LogP contribution in [0.4, 0.5) is 19.0 Å². The van der Waals surface area contributed by atoms with E-state index < -0.39 is 12.6 Å². The van der Waals surface area contributed by atoms with Crippen LogP contribution in [0.2, 0.25) is 0 Å². The number of hydrogen-bond acceptors (Lipinski definition) is 6. The highest BCUT2D eigenvalue weighted by Crippen LogP contribution is 2.38. The molecule has 5 heterocycles. The molecule has 2 fully saturated rings. The second-order valence-corrected chi connectivity index (χ2v) is 9.31. The molecule has 0 N–H and O–H groups in total. The van der Waals surface area contributed by atoms with Crippen molar-refractivity contribution in [2.75, 3.05) is 24.5 Å². The van der Waals surface area contributed by atoms with Gasteiger partial charge >= 0.3 is 6.18 Å². The summed E-state index contributed by atoms with van der Waals surface area (Å²) in [5.41, 5.74) is 0. The first-order valence-corrected chi connectivity index (χ1v) is 10.9. The number of thiophene rings is 1. The van der Waals surface area contributed by atoms with Gasteiger partial charge in [-0.05, 0) is 31.4 Å². The highest BCUT2D eigenvalue weighted by atomic mass is 32.1. The molecule has 160 valence electrons. The molecule has 0 aliphatic carbocycles. The molecular formula is C20H23F3N6S. The first kappa shape index (κ1) is 19.7.